The Bertz CT molecular complexity index is 330. The summed E-state index contributed by atoms with van der Waals surface area (Å²) in [4.78, 5) is 8.39. The van der Waals surface area contributed by atoms with Crippen LogP contribution >= 0.6 is 0 Å². The van der Waals surface area contributed by atoms with E-state index in [1.54, 1.807) is 13.4 Å². The number of nitrogens with one attached hydrogen (secondary N) is 2. The molecule has 0 aliphatic rings. The summed E-state index contributed by atoms with van der Waals surface area (Å²) in [6.45, 7) is 6.05. The van der Waals surface area contributed by atoms with E-state index >= 15 is 0 Å². The smallest absolute Gasteiger partial charge is 0.204 e. The van der Waals surface area contributed by atoms with Crippen molar-refractivity contribution in [3.63, 3.8) is 0 Å². The molecule has 2 N–H and O–H groups in total. The van der Waals surface area contributed by atoms with Crippen molar-refractivity contribution in [3.8, 4) is 5.75 Å². The molecule has 1 aromatic rings. The van der Waals surface area contributed by atoms with Crippen LogP contribution in [0.25, 0.3) is 0 Å². The maximum Gasteiger partial charge on any atom is 0.204 e. The minimum absolute atomic E-state index is 0.692. The second-order valence-corrected chi connectivity index (χ2v) is 3.81. The molecular weight excluding hydrogens is 216 g/mol. The number of ether oxygens (including phenoxy) is 1. The molecule has 0 amide bonds. The van der Waals surface area contributed by atoms with E-state index in [0.29, 0.717) is 5.75 Å². The molecule has 17 heavy (non-hydrogen) atoms. The fraction of sp³-hybridized carbons (Fsp3) is 0.667. The van der Waals surface area contributed by atoms with Crippen molar-refractivity contribution < 1.29 is 4.74 Å². The van der Waals surface area contributed by atoms with Crippen LogP contribution in [-0.2, 0) is 0 Å². The van der Waals surface area contributed by atoms with Crippen molar-refractivity contribution in [2.75, 3.05) is 30.8 Å². The number of hydrogen-bond donors (Lipinski definition) is 2. The van der Waals surface area contributed by atoms with E-state index in [2.05, 4.69) is 34.4 Å². The number of nitrogens with zero attached hydrogens (tertiary/aromatic N) is 2. The van der Waals surface area contributed by atoms with E-state index in [1.807, 2.05) is 0 Å². The van der Waals surface area contributed by atoms with Gasteiger partial charge in [-0.3, -0.25) is 0 Å². The van der Waals surface area contributed by atoms with Crippen molar-refractivity contribution in [2.45, 2.75) is 33.1 Å². The van der Waals surface area contributed by atoms with Gasteiger partial charge in [0.25, 0.3) is 0 Å². The normalized spacial score (nSPS) is 10.1. The van der Waals surface area contributed by atoms with E-state index in [4.69, 9.17) is 4.74 Å². The van der Waals surface area contributed by atoms with Crippen LogP contribution in [0.5, 0.6) is 5.75 Å². The zero-order valence-corrected chi connectivity index (χ0v) is 10.9. The standard InChI is InChI=1S/C12H22N4O/c1-4-6-8-14-12-10(17-3)11(13-7-5-2)15-9-16-12/h9H,4-8H2,1-3H3,(H2,13,14,15,16). The van der Waals surface area contributed by atoms with Gasteiger partial charge in [-0.05, 0) is 12.8 Å². The summed E-state index contributed by atoms with van der Waals surface area (Å²) in [6.07, 6.45) is 4.87. The molecule has 0 bridgehead atoms. The molecule has 0 aliphatic carbocycles. The van der Waals surface area contributed by atoms with Crippen LogP contribution < -0.4 is 15.4 Å². The average Bonchev–Trinajstić information content (AvgIpc) is 2.36. The third-order valence-electron chi connectivity index (χ3n) is 2.37. The van der Waals surface area contributed by atoms with Gasteiger partial charge in [0, 0.05) is 13.1 Å². The van der Waals surface area contributed by atoms with Crippen LogP contribution in [-0.4, -0.2) is 30.2 Å². The highest BCUT2D eigenvalue weighted by atomic mass is 16.5. The van der Waals surface area contributed by atoms with Crippen LogP contribution in [0.4, 0.5) is 11.6 Å². The zero-order chi connectivity index (χ0) is 12.5. The summed E-state index contributed by atoms with van der Waals surface area (Å²) in [7, 11) is 1.64. The number of hydrogen-bond acceptors (Lipinski definition) is 5. The molecule has 0 aromatic carbocycles. The van der Waals surface area contributed by atoms with E-state index in [1.165, 1.54) is 0 Å². The maximum atomic E-state index is 5.35. The number of rotatable bonds is 8. The van der Waals surface area contributed by atoms with Crippen molar-refractivity contribution in [1.29, 1.82) is 0 Å². The Morgan fingerprint density at radius 3 is 2.24 bits per heavy atom. The van der Waals surface area contributed by atoms with Crippen LogP contribution in [0.1, 0.15) is 33.1 Å². The largest absolute Gasteiger partial charge is 0.490 e. The molecule has 0 aliphatic heterocycles. The van der Waals surface area contributed by atoms with Crippen molar-refractivity contribution >= 4 is 11.6 Å². The Kier molecular flexibility index (Phi) is 6.14. The fourth-order valence-electron chi connectivity index (χ4n) is 1.45. The first-order chi connectivity index (χ1) is 8.33. The molecule has 1 rings (SSSR count). The topological polar surface area (TPSA) is 59.1 Å². The van der Waals surface area contributed by atoms with Crippen molar-refractivity contribution in [2.24, 2.45) is 0 Å². The predicted molar refractivity (Wildman–Crippen MR) is 70.8 cm³/mol. The summed E-state index contributed by atoms with van der Waals surface area (Å²) < 4.78 is 5.35. The van der Waals surface area contributed by atoms with Gasteiger partial charge in [0.05, 0.1) is 7.11 Å². The number of unbranched alkanes of at least 4 members (excludes halogenated alkanes) is 1. The van der Waals surface area contributed by atoms with Gasteiger partial charge in [-0.2, -0.15) is 0 Å². The second kappa shape index (κ2) is 7.70. The predicted octanol–water partition coefficient (Wildman–Crippen LogP) is 2.52. The number of methoxy groups -OCH3 is 1. The first-order valence-electron chi connectivity index (χ1n) is 6.20. The Balaban J connectivity index is 2.74. The minimum Gasteiger partial charge on any atom is -0.490 e. The van der Waals surface area contributed by atoms with Gasteiger partial charge >= 0.3 is 0 Å². The Hall–Kier alpha value is -1.52. The van der Waals surface area contributed by atoms with E-state index in [-0.39, 0.29) is 0 Å². The van der Waals surface area contributed by atoms with Gasteiger partial charge in [-0.1, -0.05) is 20.3 Å². The van der Waals surface area contributed by atoms with Crippen molar-refractivity contribution in [3.05, 3.63) is 6.33 Å². The van der Waals surface area contributed by atoms with E-state index < -0.39 is 0 Å². The highest BCUT2D eigenvalue weighted by Crippen LogP contribution is 2.28. The van der Waals surface area contributed by atoms with Crippen LogP contribution in [0.3, 0.4) is 0 Å². The molecule has 5 nitrogen and oxygen atoms in total. The first kappa shape index (κ1) is 13.5. The molecule has 0 radical (unpaired) electrons. The van der Waals surface area contributed by atoms with Gasteiger partial charge in [-0.25, -0.2) is 9.97 Å². The molecular formula is C12H22N4O. The summed E-state index contributed by atoms with van der Waals surface area (Å²) in [5, 5.41) is 6.49. The lowest BCUT2D eigenvalue weighted by molar-refractivity contribution is 0.414. The lowest BCUT2D eigenvalue weighted by Crippen LogP contribution is -2.09. The van der Waals surface area contributed by atoms with Gasteiger partial charge in [0.1, 0.15) is 6.33 Å². The lowest BCUT2D eigenvalue weighted by Gasteiger charge is -2.13. The Morgan fingerprint density at radius 2 is 1.71 bits per heavy atom. The van der Waals surface area contributed by atoms with Crippen LogP contribution in [0, 0.1) is 0 Å². The molecule has 5 heteroatoms. The highest BCUT2D eigenvalue weighted by Gasteiger charge is 2.10. The Morgan fingerprint density at radius 1 is 1.06 bits per heavy atom. The zero-order valence-electron chi connectivity index (χ0n) is 10.9. The molecule has 0 fully saturated rings. The molecule has 1 aromatic heterocycles. The molecule has 0 saturated heterocycles. The quantitative estimate of drug-likeness (QED) is 0.681. The SMILES string of the molecule is CCCCNc1ncnc(NCCC)c1OC. The average molecular weight is 238 g/mol. The minimum atomic E-state index is 0.692. The highest BCUT2D eigenvalue weighted by molar-refractivity contribution is 5.63. The Labute approximate surface area is 103 Å². The molecule has 96 valence electrons. The first-order valence-corrected chi connectivity index (χ1v) is 6.20. The third-order valence-corrected chi connectivity index (χ3v) is 2.37. The number of anilines is 2. The molecule has 0 atom stereocenters. The summed E-state index contributed by atoms with van der Waals surface area (Å²) >= 11 is 0. The van der Waals surface area contributed by atoms with Gasteiger partial charge in [0.2, 0.25) is 5.75 Å². The summed E-state index contributed by atoms with van der Waals surface area (Å²) in [5.74, 6) is 2.20. The molecule has 0 saturated carbocycles. The number of aromatic nitrogens is 2. The molecule has 0 spiro atoms. The van der Waals surface area contributed by atoms with Gasteiger partial charge in [-0.15, -0.1) is 0 Å². The van der Waals surface area contributed by atoms with Crippen LogP contribution in [0.2, 0.25) is 0 Å². The van der Waals surface area contributed by atoms with Gasteiger partial charge < -0.3 is 15.4 Å². The molecule has 1 heterocycles. The molecule has 0 unspecified atom stereocenters. The third kappa shape index (κ3) is 4.09. The summed E-state index contributed by atoms with van der Waals surface area (Å²) in [6, 6.07) is 0. The lowest BCUT2D eigenvalue weighted by atomic mass is 10.3. The van der Waals surface area contributed by atoms with Crippen molar-refractivity contribution in [1.82, 2.24) is 9.97 Å². The van der Waals surface area contributed by atoms with Crippen LogP contribution in [0.15, 0.2) is 6.33 Å². The van der Waals surface area contributed by atoms with E-state index in [0.717, 1.165) is 44.0 Å². The van der Waals surface area contributed by atoms with Gasteiger partial charge in [0.15, 0.2) is 11.6 Å². The maximum absolute atomic E-state index is 5.35. The summed E-state index contributed by atoms with van der Waals surface area (Å²) in [5.41, 5.74) is 0. The van der Waals surface area contributed by atoms with E-state index in [9.17, 15) is 0 Å². The monoisotopic (exact) mass is 238 g/mol. The fourth-order valence-corrected chi connectivity index (χ4v) is 1.45. The second-order valence-electron chi connectivity index (χ2n) is 3.81.